The summed E-state index contributed by atoms with van der Waals surface area (Å²) >= 11 is 7.56. The first kappa shape index (κ1) is 20.9. The van der Waals surface area contributed by atoms with Gasteiger partial charge in [-0.05, 0) is 54.5 Å². The van der Waals surface area contributed by atoms with E-state index in [-0.39, 0.29) is 11.8 Å². The topological polar surface area (TPSA) is 54.3 Å². The summed E-state index contributed by atoms with van der Waals surface area (Å²) in [6.45, 7) is 7.54. The first-order chi connectivity index (χ1) is 14.3. The number of carbonyl (C=O) groups excluding carboxylic acids is 2. The number of rotatable bonds is 6. The number of nitrogens with one attached hydrogen (secondary N) is 1. The predicted octanol–water partition coefficient (Wildman–Crippen LogP) is 4.93. The van der Waals surface area contributed by atoms with E-state index in [9.17, 15) is 9.59 Å². The maximum absolute atomic E-state index is 13.4. The van der Waals surface area contributed by atoms with Crippen LogP contribution in [0.5, 0.6) is 0 Å². The summed E-state index contributed by atoms with van der Waals surface area (Å²) in [4.78, 5) is 29.7. The number of aromatic nitrogens is 1. The van der Waals surface area contributed by atoms with Crippen LogP contribution in [-0.4, -0.2) is 33.4 Å². The monoisotopic (exact) mass is 443 g/mol. The zero-order valence-corrected chi connectivity index (χ0v) is 19.0. The van der Waals surface area contributed by atoms with E-state index in [1.807, 2.05) is 53.3 Å². The molecule has 1 aliphatic rings. The van der Waals surface area contributed by atoms with Gasteiger partial charge in [0.15, 0.2) is 0 Å². The minimum absolute atomic E-state index is 0.0746. The summed E-state index contributed by atoms with van der Waals surface area (Å²) in [6.07, 6.45) is 0.848. The van der Waals surface area contributed by atoms with Gasteiger partial charge >= 0.3 is 0 Å². The highest BCUT2D eigenvalue weighted by Gasteiger charge is 2.47. The number of benzene rings is 1. The summed E-state index contributed by atoms with van der Waals surface area (Å²) in [6, 6.07) is 11.4. The number of carbonyl (C=O) groups is 2. The molecular weight excluding hydrogens is 418 g/mol. The molecule has 0 radical (unpaired) electrons. The van der Waals surface area contributed by atoms with Crippen molar-refractivity contribution in [2.45, 2.75) is 45.8 Å². The van der Waals surface area contributed by atoms with Crippen molar-refractivity contribution in [2.24, 2.45) is 5.92 Å². The predicted molar refractivity (Wildman–Crippen MR) is 122 cm³/mol. The van der Waals surface area contributed by atoms with Crippen molar-refractivity contribution in [1.82, 2.24) is 14.8 Å². The Balaban J connectivity index is 1.64. The first-order valence-electron chi connectivity index (χ1n) is 10.2. The van der Waals surface area contributed by atoms with Crippen LogP contribution in [0, 0.1) is 5.92 Å². The van der Waals surface area contributed by atoms with Crippen LogP contribution in [0.4, 0.5) is 0 Å². The molecule has 0 unspecified atom stereocenters. The van der Waals surface area contributed by atoms with Crippen LogP contribution in [0.3, 0.4) is 0 Å². The molecule has 1 aliphatic heterocycles. The van der Waals surface area contributed by atoms with Crippen molar-refractivity contribution in [3.05, 3.63) is 58.1 Å². The molecule has 3 aromatic rings. The van der Waals surface area contributed by atoms with E-state index in [1.165, 1.54) is 0 Å². The van der Waals surface area contributed by atoms with Gasteiger partial charge in [0.2, 0.25) is 5.91 Å². The lowest BCUT2D eigenvalue weighted by atomic mass is 9.93. The minimum Gasteiger partial charge on any atom is -0.350 e. The Morgan fingerprint density at radius 2 is 2.00 bits per heavy atom. The van der Waals surface area contributed by atoms with E-state index in [0.717, 1.165) is 22.2 Å². The Morgan fingerprint density at radius 3 is 2.70 bits per heavy atom. The van der Waals surface area contributed by atoms with Gasteiger partial charge in [-0.1, -0.05) is 37.6 Å². The molecule has 0 saturated heterocycles. The van der Waals surface area contributed by atoms with Gasteiger partial charge < -0.3 is 14.8 Å². The van der Waals surface area contributed by atoms with E-state index in [1.54, 1.807) is 16.2 Å². The number of halogens is 1. The van der Waals surface area contributed by atoms with Crippen molar-refractivity contribution in [3.8, 4) is 0 Å². The van der Waals surface area contributed by atoms with E-state index in [2.05, 4.69) is 19.2 Å². The summed E-state index contributed by atoms with van der Waals surface area (Å²) in [5.41, 5.74) is 0.680. The lowest BCUT2D eigenvalue weighted by molar-refractivity contribution is -0.133. The van der Waals surface area contributed by atoms with Gasteiger partial charge in [0, 0.05) is 23.5 Å². The average Bonchev–Trinajstić information content (AvgIpc) is 3.29. The summed E-state index contributed by atoms with van der Waals surface area (Å²) < 4.78 is 2.01. The molecule has 5 nitrogen and oxygen atoms in total. The second kappa shape index (κ2) is 8.08. The van der Waals surface area contributed by atoms with Gasteiger partial charge in [-0.15, -0.1) is 11.3 Å². The number of amides is 2. The number of thiophene rings is 1. The highest BCUT2D eigenvalue weighted by atomic mass is 35.5. The molecule has 0 fully saturated rings. The number of nitrogens with zero attached hydrogens (tertiary/aromatic N) is 2. The van der Waals surface area contributed by atoms with Crippen molar-refractivity contribution in [2.75, 3.05) is 6.54 Å². The number of hydrogen-bond acceptors (Lipinski definition) is 3. The second-order valence-corrected chi connectivity index (χ2v) is 9.85. The zero-order valence-electron chi connectivity index (χ0n) is 17.4. The van der Waals surface area contributed by atoms with Crippen LogP contribution in [0.15, 0.2) is 41.8 Å². The molecule has 158 valence electrons. The van der Waals surface area contributed by atoms with Crippen LogP contribution in [0.25, 0.3) is 10.2 Å². The van der Waals surface area contributed by atoms with E-state index in [4.69, 9.17) is 11.6 Å². The van der Waals surface area contributed by atoms with Crippen LogP contribution in [-0.2, 0) is 17.9 Å². The second-order valence-electron chi connectivity index (χ2n) is 8.52. The molecule has 7 heteroatoms. The van der Waals surface area contributed by atoms with Gasteiger partial charge in [0.1, 0.15) is 16.1 Å². The lowest BCUT2D eigenvalue weighted by Crippen LogP contribution is -2.64. The largest absolute Gasteiger partial charge is 0.350 e. The molecule has 2 aromatic heterocycles. The molecule has 0 saturated carbocycles. The Labute approximate surface area is 185 Å². The number of fused-ring (bicyclic) bond motifs is 3. The normalized spacial score (nSPS) is 18.8. The van der Waals surface area contributed by atoms with E-state index in [0.29, 0.717) is 36.3 Å². The quantitative estimate of drug-likeness (QED) is 0.587. The smallest absolute Gasteiger partial charge is 0.271 e. The maximum atomic E-state index is 13.4. The SMILES string of the molecule is CC(C)CCN1C(=O)c2cc3ccsc3n2C[C@]1(C)C(=O)NCc1ccc(Cl)cc1. The standard InChI is InChI=1S/C23H26ClN3O2S/c1-15(2)8-10-27-20(28)19-12-17-9-11-30-21(17)26(19)14-23(27,3)22(29)25-13-16-4-6-18(24)7-5-16/h4-7,9,11-12,15H,8,10,13-14H2,1-3H3,(H,25,29)/t23-/m1/s1. The third-order valence-electron chi connectivity index (χ3n) is 5.81. The summed E-state index contributed by atoms with van der Waals surface area (Å²) in [5, 5.41) is 6.78. The highest BCUT2D eigenvalue weighted by Crippen LogP contribution is 2.34. The third-order valence-corrected chi connectivity index (χ3v) is 7.02. The summed E-state index contributed by atoms with van der Waals surface area (Å²) in [5.74, 6) is 0.226. The van der Waals surface area contributed by atoms with Crippen molar-refractivity contribution < 1.29 is 9.59 Å². The summed E-state index contributed by atoms with van der Waals surface area (Å²) in [7, 11) is 0. The zero-order chi connectivity index (χ0) is 21.5. The molecule has 2 amide bonds. The highest BCUT2D eigenvalue weighted by molar-refractivity contribution is 7.16. The Morgan fingerprint density at radius 1 is 1.27 bits per heavy atom. The third kappa shape index (κ3) is 3.74. The van der Waals surface area contributed by atoms with Gasteiger partial charge in [0.25, 0.3) is 5.91 Å². The molecule has 4 rings (SSSR count). The van der Waals surface area contributed by atoms with E-state index < -0.39 is 5.54 Å². The van der Waals surface area contributed by atoms with Gasteiger partial charge in [-0.3, -0.25) is 9.59 Å². The van der Waals surface area contributed by atoms with Crippen LogP contribution < -0.4 is 5.32 Å². The lowest BCUT2D eigenvalue weighted by Gasteiger charge is -2.44. The van der Waals surface area contributed by atoms with Crippen LogP contribution in [0.2, 0.25) is 5.02 Å². The molecule has 1 atom stereocenters. The first-order valence-corrected chi connectivity index (χ1v) is 11.5. The van der Waals surface area contributed by atoms with Crippen LogP contribution in [0.1, 0.15) is 43.2 Å². The molecular formula is C23H26ClN3O2S. The van der Waals surface area contributed by atoms with Crippen molar-refractivity contribution >= 4 is 45.0 Å². The molecule has 1 N–H and O–H groups in total. The fourth-order valence-electron chi connectivity index (χ4n) is 3.97. The molecule has 0 aliphatic carbocycles. The fraction of sp³-hybridized carbons (Fsp3) is 0.391. The molecule has 1 aromatic carbocycles. The van der Waals surface area contributed by atoms with Crippen molar-refractivity contribution in [1.29, 1.82) is 0 Å². The van der Waals surface area contributed by atoms with Crippen molar-refractivity contribution in [3.63, 3.8) is 0 Å². The van der Waals surface area contributed by atoms with Gasteiger partial charge in [0.05, 0.1) is 6.54 Å². The van der Waals surface area contributed by atoms with E-state index >= 15 is 0 Å². The number of hydrogen-bond donors (Lipinski definition) is 1. The Kier molecular flexibility index (Phi) is 5.64. The minimum atomic E-state index is -0.957. The molecule has 30 heavy (non-hydrogen) atoms. The van der Waals surface area contributed by atoms with Crippen LogP contribution >= 0.6 is 22.9 Å². The molecule has 0 bridgehead atoms. The maximum Gasteiger partial charge on any atom is 0.271 e. The molecule has 0 spiro atoms. The van der Waals surface area contributed by atoms with Gasteiger partial charge in [-0.25, -0.2) is 0 Å². The molecule has 3 heterocycles. The Bertz CT molecular complexity index is 1090. The van der Waals surface area contributed by atoms with Gasteiger partial charge in [-0.2, -0.15) is 0 Å². The Hall–Kier alpha value is -2.31. The average molecular weight is 444 g/mol. The fourth-order valence-corrected chi connectivity index (χ4v) is 4.99.